The molecule has 2 aliphatic heterocycles. The largest absolute Gasteiger partial charge is 0.466 e. The quantitative estimate of drug-likeness (QED) is 0.637. The van der Waals surface area contributed by atoms with Crippen molar-refractivity contribution in [2.45, 2.75) is 64.7 Å². The van der Waals surface area contributed by atoms with Gasteiger partial charge in [-0.3, -0.25) is 19.2 Å². The van der Waals surface area contributed by atoms with Gasteiger partial charge in [0.15, 0.2) is 11.6 Å². The minimum absolute atomic E-state index is 0.142. The average molecular weight is 457 g/mol. The molecule has 2 saturated heterocycles. The van der Waals surface area contributed by atoms with E-state index >= 15 is 0 Å². The number of ketones is 1. The highest BCUT2D eigenvalue weighted by Crippen LogP contribution is 2.59. The van der Waals surface area contributed by atoms with E-state index in [9.17, 15) is 23.6 Å². The van der Waals surface area contributed by atoms with E-state index in [1.165, 1.54) is 4.90 Å². The van der Waals surface area contributed by atoms with Crippen molar-refractivity contribution in [1.82, 2.24) is 9.80 Å². The van der Waals surface area contributed by atoms with E-state index in [-0.39, 0.29) is 31.9 Å². The van der Waals surface area contributed by atoms with Gasteiger partial charge in [-0.15, -0.1) is 0 Å². The second kappa shape index (κ2) is 8.08. The number of hydrogen-bond acceptors (Lipinski definition) is 5. The number of carbonyl (C=O) groups excluding carboxylic acids is 4. The van der Waals surface area contributed by atoms with E-state index in [0.717, 1.165) is 11.6 Å². The van der Waals surface area contributed by atoms with Crippen molar-refractivity contribution in [2.24, 2.45) is 11.3 Å². The number of allylic oxidation sites excluding steroid dienone is 1. The predicted molar refractivity (Wildman–Crippen MR) is 117 cm³/mol. The van der Waals surface area contributed by atoms with E-state index < -0.39 is 52.4 Å². The van der Waals surface area contributed by atoms with Gasteiger partial charge in [-0.1, -0.05) is 30.3 Å². The molecule has 33 heavy (non-hydrogen) atoms. The van der Waals surface area contributed by atoms with Crippen LogP contribution in [0.4, 0.5) is 4.39 Å². The average Bonchev–Trinajstić information content (AvgIpc) is 3.10. The molecule has 176 valence electrons. The van der Waals surface area contributed by atoms with Gasteiger partial charge in [0.25, 0.3) is 0 Å². The first kappa shape index (κ1) is 23.1. The number of nitrogens with zero attached hydrogens (tertiary/aromatic N) is 2. The summed E-state index contributed by atoms with van der Waals surface area (Å²) in [5, 5.41) is 0. The molecular weight excluding hydrogens is 427 g/mol. The Bertz CT molecular complexity index is 1030. The second-order valence-corrected chi connectivity index (χ2v) is 9.93. The summed E-state index contributed by atoms with van der Waals surface area (Å²) in [6.07, 6.45) is 0.645. The number of benzene rings is 1. The van der Waals surface area contributed by atoms with Crippen molar-refractivity contribution >= 4 is 23.6 Å². The van der Waals surface area contributed by atoms with Crippen molar-refractivity contribution in [3.63, 3.8) is 0 Å². The lowest BCUT2D eigenvalue weighted by Gasteiger charge is -2.44. The lowest BCUT2D eigenvalue weighted by Crippen LogP contribution is -2.54. The van der Waals surface area contributed by atoms with Gasteiger partial charge in [-0.25, -0.2) is 4.39 Å². The number of esters is 1. The number of amides is 2. The minimum atomic E-state index is -1.33. The molecule has 2 fully saturated rings. The molecule has 0 unspecified atom stereocenters. The normalized spacial score (nSPS) is 29.2. The molecule has 1 spiro atoms. The van der Waals surface area contributed by atoms with E-state index in [0.29, 0.717) is 0 Å². The molecular formula is C25H29FN2O5. The maximum atomic E-state index is 14.9. The Labute approximate surface area is 192 Å². The maximum absolute atomic E-state index is 14.9. The van der Waals surface area contributed by atoms with Crippen LogP contribution in [0.5, 0.6) is 0 Å². The zero-order chi connectivity index (χ0) is 24.1. The van der Waals surface area contributed by atoms with Crippen LogP contribution in [0.25, 0.3) is 0 Å². The van der Waals surface area contributed by atoms with Gasteiger partial charge in [0.2, 0.25) is 11.8 Å². The van der Waals surface area contributed by atoms with E-state index in [1.807, 2.05) is 51.1 Å². The Morgan fingerprint density at radius 3 is 2.42 bits per heavy atom. The lowest BCUT2D eigenvalue weighted by molar-refractivity contribution is -0.150. The summed E-state index contributed by atoms with van der Waals surface area (Å²) in [6, 6.07) is 7.47. The van der Waals surface area contributed by atoms with E-state index in [1.54, 1.807) is 11.8 Å². The number of likely N-dealkylation sites (tertiary alicyclic amines) is 2. The molecule has 4 atom stereocenters. The van der Waals surface area contributed by atoms with Crippen LogP contribution in [0.1, 0.15) is 46.1 Å². The summed E-state index contributed by atoms with van der Waals surface area (Å²) in [5.41, 5.74) is -1.19. The van der Waals surface area contributed by atoms with Crippen LogP contribution in [-0.2, 0) is 30.5 Å². The van der Waals surface area contributed by atoms with Crippen molar-refractivity contribution in [2.75, 3.05) is 6.61 Å². The molecule has 7 nitrogen and oxygen atoms in total. The molecule has 1 aromatic rings. The third kappa shape index (κ3) is 3.56. The third-order valence-corrected chi connectivity index (χ3v) is 6.95. The fourth-order valence-corrected chi connectivity index (χ4v) is 5.79. The van der Waals surface area contributed by atoms with Gasteiger partial charge >= 0.3 is 5.97 Å². The molecule has 0 bridgehead atoms. The monoisotopic (exact) mass is 456 g/mol. The number of Topliss-reactive ketones (excluding diaryl/α,β-unsaturated/α-hetero) is 1. The van der Waals surface area contributed by atoms with Gasteiger partial charge in [0, 0.05) is 18.5 Å². The minimum Gasteiger partial charge on any atom is -0.466 e. The molecule has 2 amide bonds. The van der Waals surface area contributed by atoms with Gasteiger partial charge in [-0.05, 0) is 39.3 Å². The molecule has 1 aromatic carbocycles. The molecule has 1 aliphatic carbocycles. The van der Waals surface area contributed by atoms with Crippen LogP contribution >= 0.6 is 0 Å². The Kier molecular flexibility index (Phi) is 5.66. The highest BCUT2D eigenvalue weighted by Gasteiger charge is 2.73. The van der Waals surface area contributed by atoms with Crippen molar-refractivity contribution < 1.29 is 28.3 Å². The molecule has 3 aliphatic rings. The smallest absolute Gasteiger partial charge is 0.306 e. The molecule has 0 saturated carbocycles. The van der Waals surface area contributed by atoms with Gasteiger partial charge in [0.05, 0.1) is 30.4 Å². The molecule has 0 N–H and O–H groups in total. The highest BCUT2D eigenvalue weighted by atomic mass is 19.1. The molecule has 0 radical (unpaired) electrons. The zero-order valence-electron chi connectivity index (χ0n) is 19.3. The zero-order valence-corrected chi connectivity index (χ0v) is 19.3. The second-order valence-electron chi connectivity index (χ2n) is 9.93. The topological polar surface area (TPSA) is 84.0 Å². The number of carbonyl (C=O) groups is 4. The molecule has 8 heteroatoms. The van der Waals surface area contributed by atoms with Crippen LogP contribution in [0.15, 0.2) is 42.2 Å². The SMILES string of the molecule is CCOC(=O)C[C@@H]1C(=O)N(Cc2ccccc2)[C@H]2C(=O)N(C(C)(C)C)[C@@H]3CC(=O)C(F)=C[C@]123. The summed E-state index contributed by atoms with van der Waals surface area (Å²) in [4.78, 5) is 55.6. The summed E-state index contributed by atoms with van der Waals surface area (Å²) in [7, 11) is 0. The standard InChI is InChI=1S/C25H29FN2O5/c1-5-33-20(30)11-16-22(31)27(14-15-9-7-6-8-10-15)21-23(32)28(24(2,3)4)19-12-18(29)17(26)13-25(16,19)21/h6-10,13,16,19,21H,5,11-12,14H2,1-4H3/t16-,19-,21+,25-/m1/s1. The summed E-state index contributed by atoms with van der Waals surface area (Å²) >= 11 is 0. The van der Waals surface area contributed by atoms with Crippen molar-refractivity contribution in [1.29, 1.82) is 0 Å². The first-order valence-electron chi connectivity index (χ1n) is 11.3. The molecule has 2 heterocycles. The van der Waals surface area contributed by atoms with Crippen LogP contribution in [0.2, 0.25) is 0 Å². The van der Waals surface area contributed by atoms with Gasteiger partial charge in [-0.2, -0.15) is 0 Å². The highest BCUT2D eigenvalue weighted by molar-refractivity contribution is 6.03. The summed E-state index contributed by atoms with van der Waals surface area (Å²) < 4.78 is 20.0. The summed E-state index contributed by atoms with van der Waals surface area (Å²) in [5.74, 6) is -3.98. The molecule has 0 aromatic heterocycles. The maximum Gasteiger partial charge on any atom is 0.306 e. The van der Waals surface area contributed by atoms with Crippen LogP contribution in [0, 0.1) is 11.3 Å². The fraction of sp³-hybridized carbons (Fsp3) is 0.520. The predicted octanol–water partition coefficient (Wildman–Crippen LogP) is 2.79. The number of ether oxygens (including phenoxy) is 1. The lowest BCUT2D eigenvalue weighted by atomic mass is 9.64. The first-order valence-corrected chi connectivity index (χ1v) is 11.3. The van der Waals surface area contributed by atoms with Crippen LogP contribution < -0.4 is 0 Å². The Morgan fingerprint density at radius 2 is 1.82 bits per heavy atom. The van der Waals surface area contributed by atoms with E-state index in [4.69, 9.17) is 4.74 Å². The van der Waals surface area contributed by atoms with Crippen molar-refractivity contribution in [3.05, 3.63) is 47.8 Å². The number of halogens is 1. The number of hydrogen-bond donors (Lipinski definition) is 0. The van der Waals surface area contributed by atoms with Crippen LogP contribution in [-0.4, -0.2) is 57.6 Å². The first-order chi connectivity index (χ1) is 15.5. The Hall–Kier alpha value is -3.03. The Balaban J connectivity index is 1.89. The van der Waals surface area contributed by atoms with Crippen LogP contribution in [0.3, 0.4) is 0 Å². The van der Waals surface area contributed by atoms with Gasteiger partial charge < -0.3 is 14.5 Å². The van der Waals surface area contributed by atoms with E-state index in [2.05, 4.69) is 0 Å². The third-order valence-electron chi connectivity index (χ3n) is 6.95. The molecule has 4 rings (SSSR count). The fourth-order valence-electron chi connectivity index (χ4n) is 5.79. The Morgan fingerprint density at radius 1 is 1.15 bits per heavy atom. The van der Waals surface area contributed by atoms with Crippen molar-refractivity contribution in [3.8, 4) is 0 Å². The summed E-state index contributed by atoms with van der Waals surface area (Å²) in [6.45, 7) is 7.50. The number of rotatable bonds is 5. The van der Waals surface area contributed by atoms with Gasteiger partial charge in [0.1, 0.15) is 6.04 Å².